The van der Waals surface area contributed by atoms with Gasteiger partial charge in [-0.15, -0.1) is 0 Å². The lowest BCUT2D eigenvalue weighted by Gasteiger charge is -2.18. The summed E-state index contributed by atoms with van der Waals surface area (Å²) < 4.78 is 15.0. The first kappa shape index (κ1) is 38.1. The van der Waals surface area contributed by atoms with E-state index < -0.39 is 0 Å². The number of benzene rings is 10. The molecule has 2 heterocycles. The zero-order chi connectivity index (χ0) is 43.9. The fourth-order valence-electron chi connectivity index (χ4n) is 10.8. The highest BCUT2D eigenvalue weighted by atomic mass is 16.5. The van der Waals surface area contributed by atoms with Crippen LogP contribution in [0.3, 0.4) is 0 Å². The molecule has 3 heteroatoms. The van der Waals surface area contributed by atoms with Crippen LogP contribution in [0.15, 0.2) is 223 Å². The minimum atomic E-state index is 0.130. The second kappa shape index (κ2) is 15.1. The number of methoxy groups -OCH3 is 1. The van der Waals surface area contributed by atoms with Crippen molar-refractivity contribution < 1.29 is 9.15 Å². The number of aromatic nitrogens is 1. The Morgan fingerprint density at radius 3 is 1.61 bits per heavy atom. The third-order valence-corrected chi connectivity index (χ3v) is 13.8. The van der Waals surface area contributed by atoms with E-state index in [1.54, 1.807) is 7.11 Å². The molecule has 0 amide bonds. The van der Waals surface area contributed by atoms with Gasteiger partial charge in [-0.1, -0.05) is 152 Å². The van der Waals surface area contributed by atoms with Gasteiger partial charge in [0.15, 0.2) is 0 Å². The third-order valence-electron chi connectivity index (χ3n) is 13.8. The van der Waals surface area contributed by atoms with Gasteiger partial charge in [0.1, 0.15) is 16.9 Å². The number of hydrogen-bond acceptors (Lipinski definition) is 2. The van der Waals surface area contributed by atoms with Crippen molar-refractivity contribution in [3.8, 4) is 67.1 Å². The number of nitrogens with zero attached hydrogens (tertiary/aromatic N) is 1. The Kier molecular flexibility index (Phi) is 8.72. The monoisotopic (exact) mass is 845 g/mol. The number of furan rings is 1. The SMILES string of the molecule is COc1c(-c2ccccc2)cc(C)cc1-c1ccc(C2c3ccccc3-c3cc(-c4ccc5oc6ccc(-c7cccc(-n8c9ccccc9c9ccccc98)c7)cc6c5c4)ccc32)cc1. The van der Waals surface area contributed by atoms with E-state index in [0.29, 0.717) is 0 Å². The fraction of sp³-hybridized carbons (Fsp3) is 0.0476. The first-order valence-electron chi connectivity index (χ1n) is 22.7. The Morgan fingerprint density at radius 2 is 0.924 bits per heavy atom. The number of hydrogen-bond donors (Lipinski definition) is 0. The smallest absolute Gasteiger partial charge is 0.135 e. The molecule has 0 bridgehead atoms. The molecule has 66 heavy (non-hydrogen) atoms. The first-order chi connectivity index (χ1) is 32.6. The average molecular weight is 846 g/mol. The van der Waals surface area contributed by atoms with E-state index in [1.165, 1.54) is 66.3 Å². The molecule has 0 saturated heterocycles. The Bertz CT molecular complexity index is 3820. The maximum Gasteiger partial charge on any atom is 0.135 e. The molecular weight excluding hydrogens is 803 g/mol. The molecule has 1 aliphatic rings. The molecule has 0 radical (unpaired) electrons. The molecule has 3 nitrogen and oxygen atoms in total. The van der Waals surface area contributed by atoms with E-state index in [0.717, 1.165) is 66.8 Å². The van der Waals surface area contributed by atoms with Crippen LogP contribution in [0.2, 0.25) is 0 Å². The summed E-state index contributed by atoms with van der Waals surface area (Å²) in [5.41, 5.74) is 22.2. The lowest BCUT2D eigenvalue weighted by atomic mass is 9.87. The van der Waals surface area contributed by atoms with Crippen LogP contribution in [-0.2, 0) is 0 Å². The molecule has 12 aromatic rings. The Labute approximate surface area is 383 Å². The third kappa shape index (κ3) is 6.04. The van der Waals surface area contributed by atoms with Crippen LogP contribution < -0.4 is 4.74 Å². The average Bonchev–Trinajstić information content (AvgIpc) is 4.03. The molecule has 1 unspecified atom stereocenters. The molecule has 2 aromatic heterocycles. The summed E-state index contributed by atoms with van der Waals surface area (Å²) in [6.45, 7) is 2.16. The highest BCUT2D eigenvalue weighted by Crippen LogP contribution is 2.50. The highest BCUT2D eigenvalue weighted by molar-refractivity contribution is 6.10. The van der Waals surface area contributed by atoms with Crippen molar-refractivity contribution >= 4 is 43.7 Å². The summed E-state index contributed by atoms with van der Waals surface area (Å²) in [5.74, 6) is 1.03. The van der Waals surface area contributed by atoms with Crippen molar-refractivity contribution in [1.29, 1.82) is 0 Å². The molecule has 0 N–H and O–H groups in total. The van der Waals surface area contributed by atoms with Gasteiger partial charge in [0.05, 0.1) is 18.1 Å². The lowest BCUT2D eigenvalue weighted by Crippen LogP contribution is -1.99. The van der Waals surface area contributed by atoms with Crippen molar-refractivity contribution in [1.82, 2.24) is 4.57 Å². The number of fused-ring (bicyclic) bond motifs is 9. The van der Waals surface area contributed by atoms with Crippen molar-refractivity contribution in [2.45, 2.75) is 12.8 Å². The van der Waals surface area contributed by atoms with E-state index in [-0.39, 0.29) is 5.92 Å². The maximum absolute atomic E-state index is 6.47. The topological polar surface area (TPSA) is 27.3 Å². The van der Waals surface area contributed by atoms with Crippen molar-refractivity contribution in [2.75, 3.05) is 7.11 Å². The van der Waals surface area contributed by atoms with E-state index in [1.807, 2.05) is 0 Å². The largest absolute Gasteiger partial charge is 0.495 e. The van der Waals surface area contributed by atoms with E-state index in [4.69, 9.17) is 9.15 Å². The van der Waals surface area contributed by atoms with Gasteiger partial charge >= 0.3 is 0 Å². The van der Waals surface area contributed by atoms with E-state index in [2.05, 4.69) is 230 Å². The molecule has 312 valence electrons. The van der Waals surface area contributed by atoms with Crippen molar-refractivity contribution in [2.24, 2.45) is 0 Å². The molecule has 1 atom stereocenters. The quantitative estimate of drug-likeness (QED) is 0.160. The van der Waals surface area contributed by atoms with Gasteiger partial charge in [0.25, 0.3) is 0 Å². The van der Waals surface area contributed by atoms with Gasteiger partial charge in [-0.05, 0) is 140 Å². The van der Waals surface area contributed by atoms with Gasteiger partial charge < -0.3 is 13.7 Å². The molecular formula is C63H43NO2. The maximum atomic E-state index is 6.47. The Balaban J connectivity index is 0.851. The van der Waals surface area contributed by atoms with Gasteiger partial charge in [0, 0.05) is 44.3 Å². The number of aryl methyl sites for hydroxylation is 1. The van der Waals surface area contributed by atoms with Crippen LogP contribution in [0.1, 0.15) is 28.2 Å². The predicted molar refractivity (Wildman–Crippen MR) is 274 cm³/mol. The minimum absolute atomic E-state index is 0.130. The van der Waals surface area contributed by atoms with Gasteiger partial charge in [-0.25, -0.2) is 0 Å². The highest BCUT2D eigenvalue weighted by Gasteiger charge is 2.30. The molecule has 0 spiro atoms. The summed E-state index contributed by atoms with van der Waals surface area (Å²) in [6, 6.07) is 79.5. The second-order valence-corrected chi connectivity index (χ2v) is 17.6. The van der Waals surface area contributed by atoms with Crippen LogP contribution in [0.5, 0.6) is 5.75 Å². The second-order valence-electron chi connectivity index (χ2n) is 17.6. The van der Waals surface area contributed by atoms with Crippen LogP contribution in [0.25, 0.3) is 105 Å². The van der Waals surface area contributed by atoms with Crippen LogP contribution >= 0.6 is 0 Å². The molecule has 0 aliphatic heterocycles. The number of ether oxygens (including phenoxy) is 1. The molecule has 0 fully saturated rings. The van der Waals surface area contributed by atoms with Crippen LogP contribution in [0.4, 0.5) is 0 Å². The fourth-order valence-corrected chi connectivity index (χ4v) is 10.8. The zero-order valence-corrected chi connectivity index (χ0v) is 36.6. The van der Waals surface area contributed by atoms with Crippen LogP contribution in [0, 0.1) is 6.92 Å². The summed E-state index contributed by atoms with van der Waals surface area (Å²) >= 11 is 0. The standard InChI is InChI=1S/C63H43NO2/c1-39-33-53(40-13-4-3-5-14-40)63(65-2)54(34-39)41-23-25-42(26-24-41)62-51-20-7-6-17-48(51)55-36-44(27-30-52(55)62)46-29-32-61-57(38-46)56-37-45(28-31-60(56)66-61)43-15-12-16-47(35-43)64-58-21-10-8-18-49(58)50-19-9-11-22-59(50)64/h3-38,62H,1-2H3. The Morgan fingerprint density at radius 1 is 0.394 bits per heavy atom. The van der Waals surface area contributed by atoms with E-state index in [9.17, 15) is 0 Å². The molecule has 13 rings (SSSR count). The number of rotatable bonds is 7. The molecule has 10 aromatic carbocycles. The number of para-hydroxylation sites is 2. The summed E-state index contributed by atoms with van der Waals surface area (Å²) in [4.78, 5) is 0. The summed E-state index contributed by atoms with van der Waals surface area (Å²) in [6.07, 6.45) is 0. The van der Waals surface area contributed by atoms with Gasteiger partial charge in [0.2, 0.25) is 0 Å². The van der Waals surface area contributed by atoms with Crippen LogP contribution in [-0.4, -0.2) is 11.7 Å². The Hall–Kier alpha value is -8.40. The molecule has 0 saturated carbocycles. The zero-order valence-electron chi connectivity index (χ0n) is 36.6. The van der Waals surface area contributed by atoms with Gasteiger partial charge in [-0.2, -0.15) is 0 Å². The lowest BCUT2D eigenvalue weighted by molar-refractivity contribution is 0.418. The van der Waals surface area contributed by atoms with E-state index >= 15 is 0 Å². The normalized spacial score (nSPS) is 13.2. The predicted octanol–water partition coefficient (Wildman–Crippen LogP) is 16.8. The van der Waals surface area contributed by atoms with Gasteiger partial charge in [-0.3, -0.25) is 0 Å². The van der Waals surface area contributed by atoms with Crippen molar-refractivity contribution in [3.63, 3.8) is 0 Å². The summed E-state index contributed by atoms with van der Waals surface area (Å²) in [5, 5.41) is 4.75. The summed E-state index contributed by atoms with van der Waals surface area (Å²) in [7, 11) is 1.77. The van der Waals surface area contributed by atoms with Crippen molar-refractivity contribution in [3.05, 3.63) is 241 Å². The molecule has 1 aliphatic carbocycles. The minimum Gasteiger partial charge on any atom is -0.495 e. The first-order valence-corrected chi connectivity index (χ1v) is 22.7.